The van der Waals surface area contributed by atoms with Crippen LogP contribution in [0.3, 0.4) is 0 Å². The first kappa shape index (κ1) is 14.5. The zero-order chi connectivity index (χ0) is 14.4. The number of rotatable bonds is 7. The maximum absolute atomic E-state index is 13.3. The summed E-state index contributed by atoms with van der Waals surface area (Å²) in [5, 5.41) is 4.17. The molecule has 1 heterocycles. The monoisotopic (exact) mass is 277 g/mol. The van der Waals surface area contributed by atoms with Crippen LogP contribution in [0.25, 0.3) is 0 Å². The second kappa shape index (κ2) is 7.05. The van der Waals surface area contributed by atoms with Gasteiger partial charge in [-0.15, -0.1) is 0 Å². The third kappa shape index (κ3) is 4.06. The summed E-state index contributed by atoms with van der Waals surface area (Å²) in [5.74, 6) is -0.0231. The average Bonchev–Trinajstić information content (AvgIpc) is 2.94. The van der Waals surface area contributed by atoms with Crippen LogP contribution in [-0.4, -0.2) is 35.4 Å². The minimum Gasteiger partial charge on any atom is -0.494 e. The Balaban J connectivity index is 1.80. The maximum Gasteiger partial charge on any atom is 0.165 e. The molecule has 0 fully saturated rings. The zero-order valence-electron chi connectivity index (χ0n) is 11.9. The summed E-state index contributed by atoms with van der Waals surface area (Å²) in [4.78, 5) is 2.20. The van der Waals surface area contributed by atoms with Gasteiger partial charge in [-0.2, -0.15) is 5.10 Å². The lowest BCUT2D eigenvalue weighted by Crippen LogP contribution is -2.20. The molecule has 0 saturated heterocycles. The number of aromatic nitrogens is 2. The van der Waals surface area contributed by atoms with E-state index in [1.807, 2.05) is 16.9 Å². The van der Waals surface area contributed by atoms with Gasteiger partial charge in [0.15, 0.2) is 11.6 Å². The van der Waals surface area contributed by atoms with E-state index in [4.69, 9.17) is 4.74 Å². The molecule has 1 aromatic carbocycles. The van der Waals surface area contributed by atoms with Crippen molar-refractivity contribution in [3.8, 4) is 5.75 Å². The van der Waals surface area contributed by atoms with Crippen LogP contribution in [-0.2, 0) is 13.1 Å². The third-order valence-corrected chi connectivity index (χ3v) is 3.15. The number of aryl methyl sites for hydroxylation is 1. The fourth-order valence-electron chi connectivity index (χ4n) is 2.13. The van der Waals surface area contributed by atoms with Crippen LogP contribution < -0.4 is 4.74 Å². The Bertz CT molecular complexity index is 528. The van der Waals surface area contributed by atoms with Gasteiger partial charge in [-0.25, -0.2) is 4.39 Å². The molecule has 0 aliphatic heterocycles. The summed E-state index contributed by atoms with van der Waals surface area (Å²) >= 11 is 0. The minimum absolute atomic E-state index is 0.299. The lowest BCUT2D eigenvalue weighted by atomic mass is 10.2. The molecule has 0 unspecified atom stereocenters. The molecule has 0 atom stereocenters. The van der Waals surface area contributed by atoms with Crippen molar-refractivity contribution in [1.29, 1.82) is 0 Å². The molecule has 108 valence electrons. The zero-order valence-corrected chi connectivity index (χ0v) is 11.9. The molecule has 20 heavy (non-hydrogen) atoms. The quantitative estimate of drug-likeness (QED) is 0.779. The van der Waals surface area contributed by atoms with Crippen molar-refractivity contribution in [3.63, 3.8) is 0 Å². The third-order valence-electron chi connectivity index (χ3n) is 3.15. The summed E-state index contributed by atoms with van der Waals surface area (Å²) in [7, 11) is 3.54. The second-order valence-electron chi connectivity index (χ2n) is 4.83. The standard InChI is InChI=1S/C15H20FN3O/c1-18(8-4-10-19-9-3-7-17-19)12-13-5-6-14(16)15(11-13)20-2/h3,5-7,9,11H,4,8,10,12H2,1-2H3. The highest BCUT2D eigenvalue weighted by Crippen LogP contribution is 2.19. The molecular weight excluding hydrogens is 257 g/mol. The van der Waals surface area contributed by atoms with Gasteiger partial charge in [0, 0.05) is 25.5 Å². The number of benzene rings is 1. The van der Waals surface area contributed by atoms with Gasteiger partial charge in [-0.05, 0) is 43.8 Å². The maximum atomic E-state index is 13.3. The predicted molar refractivity (Wildman–Crippen MR) is 76.1 cm³/mol. The first-order valence-corrected chi connectivity index (χ1v) is 6.67. The van der Waals surface area contributed by atoms with E-state index < -0.39 is 0 Å². The molecule has 0 aliphatic rings. The van der Waals surface area contributed by atoms with E-state index in [2.05, 4.69) is 17.0 Å². The summed E-state index contributed by atoms with van der Waals surface area (Å²) in [5.41, 5.74) is 1.05. The van der Waals surface area contributed by atoms with Crippen LogP contribution in [0.5, 0.6) is 5.75 Å². The van der Waals surface area contributed by atoms with Crippen molar-refractivity contribution in [1.82, 2.24) is 14.7 Å². The van der Waals surface area contributed by atoms with E-state index in [1.165, 1.54) is 13.2 Å². The van der Waals surface area contributed by atoms with Gasteiger partial charge in [0.2, 0.25) is 0 Å². The van der Waals surface area contributed by atoms with E-state index in [0.717, 1.165) is 31.6 Å². The van der Waals surface area contributed by atoms with Crippen molar-refractivity contribution >= 4 is 0 Å². The number of hydrogen-bond acceptors (Lipinski definition) is 3. The van der Waals surface area contributed by atoms with E-state index >= 15 is 0 Å². The number of methoxy groups -OCH3 is 1. The lowest BCUT2D eigenvalue weighted by molar-refractivity contribution is 0.310. The molecule has 0 amide bonds. The van der Waals surface area contributed by atoms with Crippen LogP contribution in [0.2, 0.25) is 0 Å². The van der Waals surface area contributed by atoms with Crippen LogP contribution in [0.4, 0.5) is 4.39 Å². The SMILES string of the molecule is COc1cc(CN(C)CCCn2cccn2)ccc1F. The van der Waals surface area contributed by atoms with Crippen molar-refractivity contribution < 1.29 is 9.13 Å². The van der Waals surface area contributed by atoms with Gasteiger partial charge >= 0.3 is 0 Å². The highest BCUT2D eigenvalue weighted by Gasteiger charge is 2.06. The van der Waals surface area contributed by atoms with Gasteiger partial charge in [-0.3, -0.25) is 4.68 Å². The highest BCUT2D eigenvalue weighted by atomic mass is 19.1. The Labute approximate surface area is 118 Å². The molecule has 1 aromatic heterocycles. The Hall–Kier alpha value is -1.88. The molecule has 0 aliphatic carbocycles. The van der Waals surface area contributed by atoms with Gasteiger partial charge in [0.25, 0.3) is 0 Å². The first-order valence-electron chi connectivity index (χ1n) is 6.67. The van der Waals surface area contributed by atoms with E-state index in [0.29, 0.717) is 5.75 Å². The smallest absolute Gasteiger partial charge is 0.165 e. The van der Waals surface area contributed by atoms with Crippen LogP contribution in [0.1, 0.15) is 12.0 Å². The number of ether oxygens (including phenoxy) is 1. The summed E-state index contributed by atoms with van der Waals surface area (Å²) in [6.45, 7) is 2.64. The average molecular weight is 277 g/mol. The molecule has 0 bridgehead atoms. The minimum atomic E-state index is -0.322. The highest BCUT2D eigenvalue weighted by molar-refractivity contribution is 5.30. The Morgan fingerprint density at radius 1 is 1.40 bits per heavy atom. The largest absolute Gasteiger partial charge is 0.494 e. The van der Waals surface area contributed by atoms with Crippen molar-refractivity contribution in [3.05, 3.63) is 48.0 Å². The molecular formula is C15H20FN3O. The molecule has 0 saturated carbocycles. The predicted octanol–water partition coefficient (Wildman–Crippen LogP) is 2.55. The topological polar surface area (TPSA) is 30.3 Å². The van der Waals surface area contributed by atoms with E-state index in [9.17, 15) is 4.39 Å². The van der Waals surface area contributed by atoms with Gasteiger partial charge < -0.3 is 9.64 Å². The summed E-state index contributed by atoms with van der Waals surface area (Å²) < 4.78 is 20.2. The first-order chi connectivity index (χ1) is 9.69. The van der Waals surface area contributed by atoms with Crippen molar-refractivity contribution in [2.24, 2.45) is 0 Å². The van der Waals surface area contributed by atoms with Crippen molar-refractivity contribution in [2.45, 2.75) is 19.5 Å². The number of halogens is 1. The molecule has 4 nitrogen and oxygen atoms in total. The molecule has 2 rings (SSSR count). The number of hydrogen-bond donors (Lipinski definition) is 0. The normalized spacial score (nSPS) is 11.0. The van der Waals surface area contributed by atoms with E-state index in [-0.39, 0.29) is 5.82 Å². The lowest BCUT2D eigenvalue weighted by Gasteiger charge is -2.17. The second-order valence-corrected chi connectivity index (χ2v) is 4.83. The van der Waals surface area contributed by atoms with Gasteiger partial charge in [-0.1, -0.05) is 6.07 Å². The van der Waals surface area contributed by atoms with Crippen LogP contribution in [0.15, 0.2) is 36.7 Å². The Morgan fingerprint density at radius 3 is 2.95 bits per heavy atom. The fourth-order valence-corrected chi connectivity index (χ4v) is 2.13. The number of nitrogens with zero attached hydrogens (tertiary/aromatic N) is 3. The summed E-state index contributed by atoms with van der Waals surface area (Å²) in [6, 6.07) is 6.92. The van der Waals surface area contributed by atoms with Gasteiger partial charge in [0.1, 0.15) is 0 Å². The molecule has 5 heteroatoms. The Kier molecular flexibility index (Phi) is 5.12. The molecule has 0 N–H and O–H groups in total. The Morgan fingerprint density at radius 2 is 2.25 bits per heavy atom. The van der Waals surface area contributed by atoms with Gasteiger partial charge in [0.05, 0.1) is 7.11 Å². The molecule has 0 spiro atoms. The molecule has 2 aromatic rings. The van der Waals surface area contributed by atoms with Crippen molar-refractivity contribution in [2.75, 3.05) is 20.7 Å². The van der Waals surface area contributed by atoms with E-state index in [1.54, 1.807) is 18.3 Å². The molecule has 0 radical (unpaired) electrons. The fraction of sp³-hybridized carbons (Fsp3) is 0.400. The summed E-state index contributed by atoms with van der Waals surface area (Å²) in [6.07, 6.45) is 4.77. The van der Waals surface area contributed by atoms with Crippen LogP contribution in [0, 0.1) is 5.82 Å². The van der Waals surface area contributed by atoms with Crippen LogP contribution >= 0.6 is 0 Å².